The number of benzene rings is 3. The van der Waals surface area contributed by atoms with Gasteiger partial charge in [-0.2, -0.15) is 0 Å². The van der Waals surface area contributed by atoms with Gasteiger partial charge in [-0.15, -0.1) is 0 Å². The molecule has 5 heteroatoms. The maximum Gasteiger partial charge on any atom is 0.316 e. The first kappa shape index (κ1) is 24.2. The number of carbonyl (C=O) groups is 2. The molecule has 1 amide bonds. The average molecular weight is 446 g/mol. The second-order valence-electron chi connectivity index (χ2n) is 8.28. The Labute approximate surface area is 195 Å². The highest BCUT2D eigenvalue weighted by Crippen LogP contribution is 2.20. The van der Waals surface area contributed by atoms with Crippen molar-refractivity contribution in [1.82, 2.24) is 5.32 Å². The summed E-state index contributed by atoms with van der Waals surface area (Å²) in [6.45, 7) is -0.244. The van der Waals surface area contributed by atoms with Gasteiger partial charge in [0.1, 0.15) is 5.92 Å². The molecule has 2 atom stereocenters. The van der Waals surface area contributed by atoms with Crippen molar-refractivity contribution in [2.45, 2.75) is 38.1 Å². The van der Waals surface area contributed by atoms with Crippen LogP contribution in [0.3, 0.4) is 0 Å². The summed E-state index contributed by atoms with van der Waals surface area (Å²) >= 11 is 0. The number of aliphatic carboxylic acids is 1. The Hall–Kier alpha value is -3.44. The second-order valence-corrected chi connectivity index (χ2v) is 8.28. The number of carboxylic acid groups (broad SMARTS) is 1. The van der Waals surface area contributed by atoms with Gasteiger partial charge in [0.15, 0.2) is 0 Å². The molecule has 0 aromatic heterocycles. The number of carbonyl (C=O) groups excluding carboxylic acids is 1. The van der Waals surface area contributed by atoms with Crippen LogP contribution in [0.15, 0.2) is 84.9 Å². The first-order chi connectivity index (χ1) is 16.1. The van der Waals surface area contributed by atoms with Crippen molar-refractivity contribution in [2.75, 3.05) is 6.61 Å². The van der Waals surface area contributed by atoms with E-state index in [-0.39, 0.29) is 13.0 Å². The minimum Gasteiger partial charge on any atom is -0.481 e. The summed E-state index contributed by atoms with van der Waals surface area (Å²) in [6.07, 6.45) is 2.99. The van der Waals surface area contributed by atoms with E-state index in [1.54, 1.807) is 0 Å². The zero-order chi connectivity index (χ0) is 23.5. The molecule has 3 rings (SSSR count). The summed E-state index contributed by atoms with van der Waals surface area (Å²) in [4.78, 5) is 24.3. The lowest BCUT2D eigenvalue weighted by Crippen LogP contribution is -2.44. The van der Waals surface area contributed by atoms with Crippen LogP contribution in [0.4, 0.5) is 0 Å². The Kier molecular flexibility index (Phi) is 9.21. The third-order valence-electron chi connectivity index (χ3n) is 5.78. The highest BCUT2D eigenvalue weighted by atomic mass is 16.4. The second kappa shape index (κ2) is 12.6. The molecular weight excluding hydrogens is 414 g/mol. The molecule has 0 radical (unpaired) electrons. The monoisotopic (exact) mass is 445 g/mol. The van der Waals surface area contributed by atoms with E-state index in [2.05, 4.69) is 41.7 Å². The molecule has 33 heavy (non-hydrogen) atoms. The van der Waals surface area contributed by atoms with E-state index in [0.29, 0.717) is 12.8 Å². The van der Waals surface area contributed by atoms with Crippen LogP contribution in [0, 0.1) is 5.92 Å². The predicted octanol–water partition coefficient (Wildman–Crippen LogP) is 4.49. The average Bonchev–Trinajstić information content (AvgIpc) is 2.84. The van der Waals surface area contributed by atoms with Gasteiger partial charge in [0.25, 0.3) is 0 Å². The number of hydrogen-bond acceptors (Lipinski definition) is 3. The Balaban J connectivity index is 1.46. The highest BCUT2D eigenvalue weighted by molar-refractivity contribution is 5.97. The number of rotatable bonds is 12. The molecule has 0 saturated carbocycles. The quantitative estimate of drug-likeness (QED) is 0.283. The summed E-state index contributed by atoms with van der Waals surface area (Å²) in [5, 5.41) is 21.9. The van der Waals surface area contributed by atoms with Gasteiger partial charge >= 0.3 is 5.97 Å². The van der Waals surface area contributed by atoms with Crippen LogP contribution in [0.2, 0.25) is 0 Å². The van der Waals surface area contributed by atoms with Crippen molar-refractivity contribution in [3.63, 3.8) is 0 Å². The summed E-state index contributed by atoms with van der Waals surface area (Å²) in [5.41, 5.74) is 4.50. The van der Waals surface area contributed by atoms with Crippen molar-refractivity contribution in [3.05, 3.63) is 96.1 Å². The van der Waals surface area contributed by atoms with Crippen LogP contribution in [0.1, 0.15) is 30.4 Å². The van der Waals surface area contributed by atoms with Gasteiger partial charge in [-0.3, -0.25) is 9.59 Å². The molecule has 3 aromatic carbocycles. The zero-order valence-corrected chi connectivity index (χ0v) is 18.7. The molecule has 172 valence electrons. The molecule has 3 aromatic rings. The van der Waals surface area contributed by atoms with Crippen LogP contribution in [-0.2, 0) is 22.4 Å². The van der Waals surface area contributed by atoms with Gasteiger partial charge in [0.2, 0.25) is 5.91 Å². The molecule has 0 bridgehead atoms. The lowest BCUT2D eigenvalue weighted by Gasteiger charge is -2.19. The fraction of sp³-hybridized carbons (Fsp3) is 0.286. The van der Waals surface area contributed by atoms with Crippen LogP contribution >= 0.6 is 0 Å². The van der Waals surface area contributed by atoms with Crippen LogP contribution in [0.5, 0.6) is 0 Å². The predicted molar refractivity (Wildman–Crippen MR) is 130 cm³/mol. The van der Waals surface area contributed by atoms with Crippen molar-refractivity contribution < 1.29 is 19.8 Å². The van der Waals surface area contributed by atoms with Crippen LogP contribution < -0.4 is 5.32 Å². The molecular formula is C28H31NO4. The first-order valence-corrected chi connectivity index (χ1v) is 11.4. The minimum absolute atomic E-state index is 0.244. The fourth-order valence-electron chi connectivity index (χ4n) is 3.90. The maximum atomic E-state index is 12.6. The van der Waals surface area contributed by atoms with E-state index >= 15 is 0 Å². The largest absolute Gasteiger partial charge is 0.481 e. The SMILES string of the molecule is O=C(O)C(CCCCc1ccc(-c2ccccc2)cc1)C(=O)N[C@@H](CO)Cc1ccccc1. The molecule has 1 unspecified atom stereocenters. The summed E-state index contributed by atoms with van der Waals surface area (Å²) in [6, 6.07) is 27.6. The summed E-state index contributed by atoms with van der Waals surface area (Å²) < 4.78 is 0. The van der Waals surface area contributed by atoms with Gasteiger partial charge in [-0.25, -0.2) is 0 Å². The van der Waals surface area contributed by atoms with Crippen molar-refractivity contribution >= 4 is 11.9 Å². The third kappa shape index (κ3) is 7.58. The van der Waals surface area contributed by atoms with Crippen molar-refractivity contribution in [2.24, 2.45) is 5.92 Å². The molecule has 0 heterocycles. The lowest BCUT2D eigenvalue weighted by molar-refractivity contribution is -0.147. The van der Waals surface area contributed by atoms with Gasteiger partial charge in [0, 0.05) is 0 Å². The lowest BCUT2D eigenvalue weighted by atomic mass is 9.97. The highest BCUT2D eigenvalue weighted by Gasteiger charge is 2.27. The van der Waals surface area contributed by atoms with E-state index in [1.165, 1.54) is 11.1 Å². The van der Waals surface area contributed by atoms with Crippen LogP contribution in [0.25, 0.3) is 11.1 Å². The number of aliphatic hydroxyl groups is 1. The topological polar surface area (TPSA) is 86.6 Å². The molecule has 5 nitrogen and oxygen atoms in total. The van der Waals surface area contributed by atoms with Gasteiger partial charge in [-0.05, 0) is 47.9 Å². The number of aliphatic hydroxyl groups excluding tert-OH is 1. The molecule has 0 fully saturated rings. The van der Waals surface area contributed by atoms with Gasteiger partial charge in [-0.1, -0.05) is 91.3 Å². The molecule has 0 spiro atoms. The number of carboxylic acids is 1. The van der Waals surface area contributed by atoms with E-state index in [9.17, 15) is 19.8 Å². The molecule has 0 saturated heterocycles. The van der Waals surface area contributed by atoms with E-state index in [0.717, 1.165) is 24.0 Å². The molecule has 0 aliphatic carbocycles. The first-order valence-electron chi connectivity index (χ1n) is 11.4. The summed E-state index contributed by atoms with van der Waals surface area (Å²) in [5.74, 6) is -2.78. The Morgan fingerprint density at radius 1 is 0.758 bits per heavy atom. The maximum absolute atomic E-state index is 12.6. The van der Waals surface area contributed by atoms with Gasteiger partial charge < -0.3 is 15.5 Å². The number of unbranched alkanes of at least 4 members (excludes halogenated alkanes) is 1. The van der Waals surface area contributed by atoms with Gasteiger partial charge in [0.05, 0.1) is 12.6 Å². The smallest absolute Gasteiger partial charge is 0.316 e. The van der Waals surface area contributed by atoms with E-state index in [4.69, 9.17) is 0 Å². The normalized spacial score (nSPS) is 12.6. The Morgan fingerprint density at radius 3 is 1.97 bits per heavy atom. The Morgan fingerprint density at radius 2 is 1.36 bits per heavy atom. The standard InChI is InChI=1S/C28H31NO4/c30-20-25(19-22-10-3-1-4-11-22)29-27(31)26(28(32)33)14-8-7-9-21-15-17-24(18-16-21)23-12-5-2-6-13-23/h1-6,10-13,15-18,25-26,30H,7-9,14,19-20H2,(H,29,31)(H,32,33)/t25-,26?/m1/s1. The van der Waals surface area contributed by atoms with Crippen molar-refractivity contribution in [3.8, 4) is 11.1 Å². The zero-order valence-electron chi connectivity index (χ0n) is 18.7. The Bertz CT molecular complexity index is 1000. The molecule has 0 aliphatic heterocycles. The number of aryl methyl sites for hydroxylation is 1. The number of nitrogens with one attached hydrogen (secondary N) is 1. The number of amides is 1. The third-order valence-corrected chi connectivity index (χ3v) is 5.78. The van der Waals surface area contributed by atoms with Crippen LogP contribution in [-0.4, -0.2) is 34.7 Å². The molecule has 0 aliphatic rings. The fourth-order valence-corrected chi connectivity index (χ4v) is 3.90. The summed E-state index contributed by atoms with van der Waals surface area (Å²) in [7, 11) is 0. The number of hydrogen-bond donors (Lipinski definition) is 3. The minimum atomic E-state index is -1.13. The van der Waals surface area contributed by atoms with Crippen molar-refractivity contribution in [1.29, 1.82) is 0 Å². The van der Waals surface area contributed by atoms with E-state index in [1.807, 2.05) is 48.5 Å². The molecule has 3 N–H and O–H groups in total. The van der Waals surface area contributed by atoms with E-state index < -0.39 is 23.8 Å².